The number of fused-ring (bicyclic) bond motifs is 1. The van der Waals surface area contributed by atoms with Gasteiger partial charge in [-0.15, -0.1) is 0 Å². The third-order valence-electron chi connectivity index (χ3n) is 5.21. The molecule has 0 saturated carbocycles. The van der Waals surface area contributed by atoms with Gasteiger partial charge in [0.25, 0.3) is 0 Å². The van der Waals surface area contributed by atoms with Crippen LogP contribution in [0, 0.1) is 0 Å². The van der Waals surface area contributed by atoms with Crippen molar-refractivity contribution in [2.24, 2.45) is 0 Å². The quantitative estimate of drug-likeness (QED) is 0.358. The van der Waals surface area contributed by atoms with E-state index < -0.39 is 6.23 Å². The predicted octanol–water partition coefficient (Wildman–Crippen LogP) is 3.97. The summed E-state index contributed by atoms with van der Waals surface area (Å²) in [4.78, 5) is 9.97. The molecular weight excluding hydrogens is 402 g/mol. The van der Waals surface area contributed by atoms with Crippen molar-refractivity contribution >= 4 is 22.6 Å². The molecule has 0 aliphatic heterocycles. The van der Waals surface area contributed by atoms with E-state index in [0.717, 1.165) is 40.3 Å². The maximum atomic E-state index is 10.4. The molecule has 0 saturated heterocycles. The molecule has 1 N–H and O–H groups in total. The van der Waals surface area contributed by atoms with E-state index in [2.05, 4.69) is 16.6 Å². The van der Waals surface area contributed by atoms with Crippen molar-refractivity contribution in [3.8, 4) is 5.69 Å². The van der Waals surface area contributed by atoms with E-state index >= 15 is 0 Å². The molecule has 0 radical (unpaired) electrons. The molecule has 2 aromatic carbocycles. The highest BCUT2D eigenvalue weighted by Crippen LogP contribution is 2.25. The maximum Gasteiger partial charge on any atom is 0.155 e. The molecule has 0 fully saturated rings. The average Bonchev–Trinajstić information content (AvgIpc) is 3.36. The van der Waals surface area contributed by atoms with E-state index in [1.807, 2.05) is 53.2 Å². The number of hydrogen-bond donors (Lipinski definition) is 1. The number of aliphatic hydroxyl groups is 1. The highest BCUT2D eigenvalue weighted by atomic mass is 35.5. The summed E-state index contributed by atoms with van der Waals surface area (Å²) in [5, 5.41) is 16.9. The van der Waals surface area contributed by atoms with Gasteiger partial charge < -0.3 is 9.67 Å². The lowest BCUT2D eigenvalue weighted by Crippen LogP contribution is -2.22. The summed E-state index contributed by atoms with van der Waals surface area (Å²) in [5.74, 6) is 0.933. The molecule has 2 aromatic heterocycles. The van der Waals surface area contributed by atoms with Gasteiger partial charge in [0.2, 0.25) is 0 Å². The van der Waals surface area contributed by atoms with Crippen LogP contribution in [0.2, 0.25) is 5.02 Å². The normalized spacial score (nSPS) is 12.7. The lowest BCUT2D eigenvalue weighted by atomic mass is 10.1. The molecule has 30 heavy (non-hydrogen) atoms. The fourth-order valence-corrected chi connectivity index (χ4v) is 3.81. The Morgan fingerprint density at radius 2 is 2.03 bits per heavy atom. The van der Waals surface area contributed by atoms with Crippen molar-refractivity contribution in [1.82, 2.24) is 24.4 Å². The number of rotatable bonds is 7. The zero-order chi connectivity index (χ0) is 21.3. The first-order chi connectivity index (χ1) is 14.5. The van der Waals surface area contributed by atoms with Crippen LogP contribution in [0.25, 0.3) is 16.7 Å². The fraction of sp³-hybridized carbons (Fsp3) is 0.273. The number of halogens is 1. The Kier molecular flexibility index (Phi) is 5.87. The second-order valence-electron chi connectivity index (χ2n) is 7.01. The molecule has 7 nitrogen and oxygen atoms in total. The molecule has 1 unspecified atom stereocenters. The minimum atomic E-state index is -0.862. The monoisotopic (exact) mass is 425 g/mol. The third-order valence-corrected chi connectivity index (χ3v) is 5.45. The molecule has 0 spiro atoms. The van der Waals surface area contributed by atoms with Crippen molar-refractivity contribution in [3.63, 3.8) is 0 Å². The maximum absolute atomic E-state index is 10.4. The highest BCUT2D eigenvalue weighted by molar-refractivity contribution is 6.30. The van der Waals surface area contributed by atoms with Crippen LogP contribution in [-0.2, 0) is 17.8 Å². The van der Waals surface area contributed by atoms with Crippen molar-refractivity contribution in [3.05, 3.63) is 76.8 Å². The predicted molar refractivity (Wildman–Crippen MR) is 117 cm³/mol. The summed E-state index contributed by atoms with van der Waals surface area (Å²) in [5.41, 5.74) is 4.51. The van der Waals surface area contributed by atoms with E-state index in [9.17, 15) is 5.11 Å². The number of aliphatic hydroxyl groups excluding tert-OH is 1. The molecular formula is C22H24ClN5O2. The average molecular weight is 426 g/mol. The number of benzene rings is 2. The third kappa shape index (κ3) is 3.85. The molecule has 1 atom stereocenters. The van der Waals surface area contributed by atoms with Crippen molar-refractivity contribution in [2.45, 2.75) is 26.1 Å². The van der Waals surface area contributed by atoms with Crippen molar-refractivity contribution in [2.75, 3.05) is 14.2 Å². The van der Waals surface area contributed by atoms with Gasteiger partial charge in [-0.3, -0.25) is 4.84 Å². The van der Waals surface area contributed by atoms with Gasteiger partial charge in [-0.2, -0.15) is 10.2 Å². The number of aryl methyl sites for hydroxylation is 1. The van der Waals surface area contributed by atoms with Crippen molar-refractivity contribution < 1.29 is 9.94 Å². The smallest absolute Gasteiger partial charge is 0.155 e. The molecule has 0 amide bonds. The Balaban J connectivity index is 1.71. The second kappa shape index (κ2) is 8.57. The van der Waals surface area contributed by atoms with Crippen LogP contribution < -0.4 is 0 Å². The number of hydrogen-bond acceptors (Lipinski definition) is 5. The van der Waals surface area contributed by atoms with Crippen molar-refractivity contribution in [1.29, 1.82) is 0 Å². The van der Waals surface area contributed by atoms with Gasteiger partial charge in [0.1, 0.15) is 5.82 Å². The SMILES string of the molecule is CCn1c(Cc2ccnn2-c2cccc(Cl)c2)nc2cc(C(O)N(C)OC)ccc21. The Bertz CT molecular complexity index is 1170. The van der Waals surface area contributed by atoms with E-state index in [-0.39, 0.29) is 0 Å². The molecule has 4 rings (SSSR count). The first-order valence-electron chi connectivity index (χ1n) is 9.74. The number of hydroxylamine groups is 2. The van der Waals surface area contributed by atoms with Gasteiger partial charge in [-0.25, -0.2) is 9.67 Å². The Morgan fingerprint density at radius 3 is 2.77 bits per heavy atom. The van der Waals surface area contributed by atoms with Gasteiger partial charge in [-0.05, 0) is 48.9 Å². The molecule has 0 aliphatic carbocycles. The number of imidazole rings is 1. The highest BCUT2D eigenvalue weighted by Gasteiger charge is 2.17. The van der Waals surface area contributed by atoms with Crippen LogP contribution in [0.3, 0.4) is 0 Å². The molecule has 0 bridgehead atoms. The van der Waals surface area contributed by atoms with Gasteiger partial charge in [-0.1, -0.05) is 23.7 Å². The van der Waals surface area contributed by atoms with Crippen LogP contribution in [0.15, 0.2) is 54.7 Å². The minimum Gasteiger partial charge on any atom is -0.372 e. The summed E-state index contributed by atoms with van der Waals surface area (Å²) in [6.07, 6.45) is 1.54. The van der Waals surface area contributed by atoms with Crippen LogP contribution in [0.5, 0.6) is 0 Å². The van der Waals surface area contributed by atoms with Gasteiger partial charge in [0, 0.05) is 31.2 Å². The lowest BCUT2D eigenvalue weighted by molar-refractivity contribution is -0.206. The molecule has 0 aliphatic rings. The fourth-order valence-electron chi connectivity index (χ4n) is 3.62. The summed E-state index contributed by atoms with van der Waals surface area (Å²) >= 11 is 6.16. The van der Waals surface area contributed by atoms with E-state index in [1.54, 1.807) is 13.2 Å². The van der Waals surface area contributed by atoms with Gasteiger partial charge in [0.15, 0.2) is 6.23 Å². The molecule has 156 valence electrons. The van der Waals surface area contributed by atoms with Crippen LogP contribution in [0.1, 0.15) is 30.2 Å². The Hall–Kier alpha value is -2.71. The van der Waals surface area contributed by atoms with Gasteiger partial charge in [0.05, 0.1) is 29.5 Å². The van der Waals surface area contributed by atoms with Crippen LogP contribution >= 0.6 is 11.6 Å². The molecule has 8 heteroatoms. The van der Waals surface area contributed by atoms with Crippen LogP contribution in [0.4, 0.5) is 0 Å². The largest absolute Gasteiger partial charge is 0.372 e. The summed E-state index contributed by atoms with van der Waals surface area (Å²) in [6.45, 7) is 2.89. The first kappa shape index (κ1) is 20.6. The second-order valence-corrected chi connectivity index (χ2v) is 7.45. The topological polar surface area (TPSA) is 68.3 Å². The molecule has 4 aromatic rings. The lowest BCUT2D eigenvalue weighted by Gasteiger charge is -2.20. The standard InChI is InChI=1S/C22H24ClN5O2/c1-4-27-20-9-8-15(22(29)26(2)30-3)12-19(20)25-21(27)14-18-10-11-24-28(18)17-7-5-6-16(23)13-17/h5-13,22,29H,4,14H2,1-3H3. The molecule has 2 heterocycles. The summed E-state index contributed by atoms with van der Waals surface area (Å²) in [7, 11) is 3.21. The van der Waals surface area contributed by atoms with E-state index in [4.69, 9.17) is 21.4 Å². The number of nitrogens with zero attached hydrogens (tertiary/aromatic N) is 5. The summed E-state index contributed by atoms with van der Waals surface area (Å²) < 4.78 is 4.06. The van der Waals surface area contributed by atoms with E-state index in [0.29, 0.717) is 11.4 Å². The zero-order valence-corrected chi connectivity index (χ0v) is 17.9. The number of aromatic nitrogens is 4. The zero-order valence-electron chi connectivity index (χ0n) is 17.2. The van der Waals surface area contributed by atoms with E-state index in [1.165, 1.54) is 12.2 Å². The minimum absolute atomic E-state index is 0.616. The Labute approximate surface area is 180 Å². The first-order valence-corrected chi connectivity index (χ1v) is 10.1. The van der Waals surface area contributed by atoms with Crippen LogP contribution in [-0.4, -0.2) is 43.7 Å². The van der Waals surface area contributed by atoms with Gasteiger partial charge >= 0.3 is 0 Å². The Morgan fingerprint density at radius 1 is 1.20 bits per heavy atom. The summed E-state index contributed by atoms with van der Waals surface area (Å²) in [6, 6.07) is 15.4.